The van der Waals surface area contributed by atoms with E-state index >= 15 is 0 Å². The molecule has 6 heteroatoms. The summed E-state index contributed by atoms with van der Waals surface area (Å²) in [5, 5.41) is 7.68. The Balaban J connectivity index is 1.46. The maximum absolute atomic E-state index is 13.2. The Kier molecular flexibility index (Phi) is 5.27. The normalized spacial score (nSPS) is 16.3. The highest BCUT2D eigenvalue weighted by Gasteiger charge is 2.32. The van der Waals surface area contributed by atoms with Crippen molar-refractivity contribution in [1.29, 1.82) is 0 Å². The van der Waals surface area contributed by atoms with E-state index in [0.29, 0.717) is 31.5 Å². The molecule has 27 heavy (non-hydrogen) atoms. The topological polar surface area (TPSA) is 60.2 Å². The standard InChI is InChI=1S/C21H22FN3O2/c22-18-8-6-16(7-9-18)14-21(10-12-26-13-11-21)23-15-19-24-20(25-27-19)17-4-2-1-3-5-17/h1-9,23H,10-15H2. The number of benzene rings is 2. The molecule has 0 spiro atoms. The molecule has 2 aromatic carbocycles. The zero-order chi connectivity index (χ0) is 18.5. The summed E-state index contributed by atoms with van der Waals surface area (Å²) in [7, 11) is 0. The van der Waals surface area contributed by atoms with Gasteiger partial charge in [0.15, 0.2) is 0 Å². The zero-order valence-corrected chi connectivity index (χ0v) is 15.0. The van der Waals surface area contributed by atoms with E-state index in [2.05, 4.69) is 15.5 Å². The van der Waals surface area contributed by atoms with Crippen LogP contribution in [-0.2, 0) is 17.7 Å². The smallest absolute Gasteiger partial charge is 0.240 e. The minimum absolute atomic E-state index is 0.128. The van der Waals surface area contributed by atoms with Crippen LogP contribution in [0.4, 0.5) is 4.39 Å². The minimum Gasteiger partial charge on any atom is -0.381 e. The van der Waals surface area contributed by atoms with Gasteiger partial charge in [-0.3, -0.25) is 0 Å². The molecule has 0 saturated carbocycles. The van der Waals surface area contributed by atoms with Gasteiger partial charge in [-0.2, -0.15) is 4.98 Å². The van der Waals surface area contributed by atoms with Gasteiger partial charge >= 0.3 is 0 Å². The SMILES string of the molecule is Fc1ccc(CC2(NCc3nc(-c4ccccc4)no3)CCOCC2)cc1. The van der Waals surface area contributed by atoms with Crippen molar-refractivity contribution in [1.82, 2.24) is 15.5 Å². The summed E-state index contributed by atoms with van der Waals surface area (Å²) in [6.45, 7) is 1.89. The molecule has 1 saturated heterocycles. The summed E-state index contributed by atoms with van der Waals surface area (Å²) in [4.78, 5) is 4.49. The van der Waals surface area contributed by atoms with E-state index in [9.17, 15) is 4.39 Å². The van der Waals surface area contributed by atoms with Crippen molar-refractivity contribution in [2.45, 2.75) is 31.3 Å². The van der Waals surface area contributed by atoms with Crippen LogP contribution in [0.25, 0.3) is 11.4 Å². The Morgan fingerprint density at radius 3 is 2.48 bits per heavy atom. The van der Waals surface area contributed by atoms with Gasteiger partial charge in [-0.15, -0.1) is 0 Å². The van der Waals surface area contributed by atoms with E-state index in [4.69, 9.17) is 9.26 Å². The molecule has 0 aliphatic carbocycles. The second-order valence-corrected chi connectivity index (χ2v) is 6.93. The van der Waals surface area contributed by atoms with Crippen LogP contribution < -0.4 is 5.32 Å². The average molecular weight is 367 g/mol. The molecule has 1 aliphatic heterocycles. The van der Waals surface area contributed by atoms with E-state index in [1.165, 1.54) is 12.1 Å². The van der Waals surface area contributed by atoms with Crippen molar-refractivity contribution < 1.29 is 13.7 Å². The summed E-state index contributed by atoms with van der Waals surface area (Å²) in [5.41, 5.74) is 1.90. The van der Waals surface area contributed by atoms with Crippen molar-refractivity contribution in [3.05, 3.63) is 71.9 Å². The van der Waals surface area contributed by atoms with E-state index in [1.807, 2.05) is 42.5 Å². The molecule has 140 valence electrons. The summed E-state index contributed by atoms with van der Waals surface area (Å²) >= 11 is 0. The molecule has 0 bridgehead atoms. The molecule has 1 aromatic heterocycles. The molecule has 3 aromatic rings. The highest BCUT2D eigenvalue weighted by molar-refractivity contribution is 5.53. The minimum atomic E-state index is -0.216. The van der Waals surface area contributed by atoms with E-state index < -0.39 is 0 Å². The number of halogens is 1. The van der Waals surface area contributed by atoms with Gasteiger partial charge < -0.3 is 14.6 Å². The largest absolute Gasteiger partial charge is 0.381 e. The average Bonchev–Trinajstić information content (AvgIpc) is 3.19. The van der Waals surface area contributed by atoms with Crippen molar-refractivity contribution in [3.63, 3.8) is 0 Å². The fourth-order valence-corrected chi connectivity index (χ4v) is 3.47. The molecule has 0 radical (unpaired) electrons. The Labute approximate surface area is 157 Å². The van der Waals surface area contributed by atoms with Gasteiger partial charge in [-0.25, -0.2) is 4.39 Å². The lowest BCUT2D eigenvalue weighted by Gasteiger charge is -2.38. The van der Waals surface area contributed by atoms with Crippen LogP contribution in [0.5, 0.6) is 0 Å². The highest BCUT2D eigenvalue weighted by Crippen LogP contribution is 2.26. The third-order valence-corrected chi connectivity index (χ3v) is 5.02. The summed E-state index contributed by atoms with van der Waals surface area (Å²) in [6.07, 6.45) is 2.56. The molecule has 0 amide bonds. The molecular formula is C21H22FN3O2. The number of hydrogen-bond acceptors (Lipinski definition) is 5. The second-order valence-electron chi connectivity index (χ2n) is 6.93. The van der Waals surface area contributed by atoms with Crippen LogP contribution in [0.15, 0.2) is 59.1 Å². The van der Waals surface area contributed by atoms with Crippen molar-refractivity contribution >= 4 is 0 Å². The van der Waals surface area contributed by atoms with Crippen LogP contribution in [0.3, 0.4) is 0 Å². The Bertz CT molecular complexity index is 859. The number of rotatable bonds is 6. The third kappa shape index (κ3) is 4.40. The van der Waals surface area contributed by atoms with Gasteiger partial charge in [0, 0.05) is 24.3 Å². The molecule has 0 atom stereocenters. The Hall–Kier alpha value is -2.57. The van der Waals surface area contributed by atoms with E-state index in [-0.39, 0.29) is 11.4 Å². The number of hydrogen-bond donors (Lipinski definition) is 1. The van der Waals surface area contributed by atoms with Gasteiger partial charge in [0.25, 0.3) is 0 Å². The lowest BCUT2D eigenvalue weighted by molar-refractivity contribution is 0.0362. The first-order valence-corrected chi connectivity index (χ1v) is 9.18. The number of nitrogens with one attached hydrogen (secondary N) is 1. The maximum atomic E-state index is 13.2. The Morgan fingerprint density at radius 2 is 1.74 bits per heavy atom. The third-order valence-electron chi connectivity index (χ3n) is 5.02. The zero-order valence-electron chi connectivity index (χ0n) is 15.0. The molecule has 2 heterocycles. The second kappa shape index (κ2) is 7.98. The van der Waals surface area contributed by atoms with Crippen molar-refractivity contribution in [3.8, 4) is 11.4 Å². The molecule has 5 nitrogen and oxygen atoms in total. The van der Waals surface area contributed by atoms with Crippen molar-refractivity contribution in [2.75, 3.05) is 13.2 Å². The van der Waals surface area contributed by atoms with Crippen LogP contribution in [0.1, 0.15) is 24.3 Å². The fraction of sp³-hybridized carbons (Fsp3) is 0.333. The van der Waals surface area contributed by atoms with E-state index in [0.717, 1.165) is 30.4 Å². The van der Waals surface area contributed by atoms with Crippen LogP contribution in [0, 0.1) is 5.82 Å². The number of ether oxygens (including phenoxy) is 1. The summed E-state index contributed by atoms with van der Waals surface area (Å²) in [6, 6.07) is 16.5. The number of aromatic nitrogens is 2. The Morgan fingerprint density at radius 1 is 1.00 bits per heavy atom. The molecular weight excluding hydrogens is 345 g/mol. The lowest BCUT2D eigenvalue weighted by atomic mass is 9.83. The molecule has 1 aliphatic rings. The van der Waals surface area contributed by atoms with Gasteiger partial charge in [-0.1, -0.05) is 47.6 Å². The summed E-state index contributed by atoms with van der Waals surface area (Å²) in [5.74, 6) is 0.929. The predicted octanol–water partition coefficient (Wildman–Crippen LogP) is 3.76. The van der Waals surface area contributed by atoms with Gasteiger partial charge in [0.2, 0.25) is 11.7 Å². The van der Waals surface area contributed by atoms with Gasteiger partial charge in [0.1, 0.15) is 5.82 Å². The van der Waals surface area contributed by atoms with Crippen LogP contribution in [0.2, 0.25) is 0 Å². The first kappa shape index (κ1) is 17.8. The quantitative estimate of drug-likeness (QED) is 0.719. The van der Waals surface area contributed by atoms with Crippen molar-refractivity contribution in [2.24, 2.45) is 0 Å². The highest BCUT2D eigenvalue weighted by atomic mass is 19.1. The van der Waals surface area contributed by atoms with Crippen LogP contribution >= 0.6 is 0 Å². The van der Waals surface area contributed by atoms with Gasteiger partial charge in [-0.05, 0) is 37.0 Å². The first-order chi connectivity index (χ1) is 13.2. The molecule has 1 N–H and O–H groups in total. The lowest BCUT2D eigenvalue weighted by Crippen LogP contribution is -2.50. The number of nitrogens with zero attached hydrogens (tertiary/aromatic N) is 2. The molecule has 4 rings (SSSR count). The van der Waals surface area contributed by atoms with Crippen LogP contribution in [-0.4, -0.2) is 28.9 Å². The maximum Gasteiger partial charge on any atom is 0.240 e. The summed E-state index contributed by atoms with van der Waals surface area (Å²) < 4.78 is 24.2. The fourth-order valence-electron chi connectivity index (χ4n) is 3.47. The first-order valence-electron chi connectivity index (χ1n) is 9.18. The monoisotopic (exact) mass is 367 g/mol. The predicted molar refractivity (Wildman–Crippen MR) is 99.5 cm³/mol. The van der Waals surface area contributed by atoms with E-state index in [1.54, 1.807) is 0 Å². The molecule has 1 fully saturated rings. The molecule has 0 unspecified atom stereocenters. The van der Waals surface area contributed by atoms with Gasteiger partial charge in [0.05, 0.1) is 6.54 Å².